The van der Waals surface area contributed by atoms with Gasteiger partial charge in [-0.3, -0.25) is 9.59 Å². The van der Waals surface area contributed by atoms with Gasteiger partial charge in [-0.2, -0.15) is 25.3 Å². The Hall–Kier alpha value is -0.360. The van der Waals surface area contributed by atoms with Gasteiger partial charge in [-0.1, -0.05) is 13.8 Å². The van der Waals surface area contributed by atoms with Crippen molar-refractivity contribution in [3.05, 3.63) is 0 Å². The van der Waals surface area contributed by atoms with Gasteiger partial charge in [-0.05, 0) is 12.8 Å². The molecule has 0 aromatic rings. The minimum absolute atomic E-state index is 0.320. The summed E-state index contributed by atoms with van der Waals surface area (Å²) >= 11 is 8.00. The average Bonchev–Trinajstić information content (AvgIpc) is 2.30. The van der Waals surface area contributed by atoms with E-state index in [2.05, 4.69) is 25.3 Å². The minimum atomic E-state index is -0.890. The number of thiol groups is 2. The molecule has 2 atom stereocenters. The SMILES string of the molecule is CCCOC(=O)[C@@H](S)[C@@H](S)C(=O)OCCC. The summed E-state index contributed by atoms with van der Waals surface area (Å²) in [5, 5.41) is -1.78. The molecule has 0 unspecified atom stereocenters. The van der Waals surface area contributed by atoms with Gasteiger partial charge >= 0.3 is 11.9 Å². The maximum absolute atomic E-state index is 11.4. The minimum Gasteiger partial charge on any atom is -0.465 e. The Labute approximate surface area is 107 Å². The summed E-state index contributed by atoms with van der Waals surface area (Å²) < 4.78 is 9.71. The van der Waals surface area contributed by atoms with Crippen molar-refractivity contribution >= 4 is 37.2 Å². The van der Waals surface area contributed by atoms with Gasteiger partial charge in [0.2, 0.25) is 0 Å². The van der Waals surface area contributed by atoms with Crippen molar-refractivity contribution in [2.24, 2.45) is 0 Å². The fraction of sp³-hybridized carbons (Fsp3) is 0.800. The number of hydrogen-bond acceptors (Lipinski definition) is 6. The maximum Gasteiger partial charge on any atom is 0.320 e. The number of ether oxygens (including phenoxy) is 2. The van der Waals surface area contributed by atoms with Crippen LogP contribution in [0.4, 0.5) is 0 Å². The molecule has 0 aliphatic rings. The number of esters is 2. The lowest BCUT2D eigenvalue weighted by Crippen LogP contribution is -2.34. The van der Waals surface area contributed by atoms with Crippen LogP contribution >= 0.6 is 25.3 Å². The number of rotatable bonds is 7. The third-order valence-electron chi connectivity index (χ3n) is 1.68. The topological polar surface area (TPSA) is 52.6 Å². The maximum atomic E-state index is 11.4. The normalized spacial score (nSPS) is 14.0. The molecule has 0 radical (unpaired) electrons. The molecule has 94 valence electrons. The quantitative estimate of drug-likeness (QED) is 0.541. The van der Waals surface area contributed by atoms with Crippen LogP contribution in [0.25, 0.3) is 0 Å². The predicted octanol–water partition coefficient (Wildman–Crippen LogP) is 1.49. The summed E-state index contributed by atoms with van der Waals surface area (Å²) in [5.74, 6) is -1.09. The van der Waals surface area contributed by atoms with Crippen molar-refractivity contribution in [2.45, 2.75) is 37.2 Å². The summed E-state index contributed by atoms with van der Waals surface area (Å²) in [5.41, 5.74) is 0. The Balaban J connectivity index is 4.09. The van der Waals surface area contributed by atoms with Crippen LogP contribution in [0.5, 0.6) is 0 Å². The molecule has 0 aromatic carbocycles. The second-order valence-electron chi connectivity index (χ2n) is 3.22. The molecule has 0 fully saturated rings. The van der Waals surface area contributed by atoms with Gasteiger partial charge in [-0.25, -0.2) is 0 Å². The molecule has 0 bridgehead atoms. The monoisotopic (exact) mass is 266 g/mol. The molecule has 0 spiro atoms. The van der Waals surface area contributed by atoms with E-state index in [9.17, 15) is 9.59 Å². The molecule has 0 N–H and O–H groups in total. The Morgan fingerprint density at radius 2 is 1.25 bits per heavy atom. The van der Waals surface area contributed by atoms with Crippen molar-refractivity contribution in [2.75, 3.05) is 13.2 Å². The Morgan fingerprint density at radius 1 is 0.938 bits per heavy atom. The molecule has 0 amide bonds. The van der Waals surface area contributed by atoms with Crippen LogP contribution in [0.3, 0.4) is 0 Å². The first-order valence-electron chi connectivity index (χ1n) is 5.24. The summed E-state index contributed by atoms with van der Waals surface area (Å²) in [6.07, 6.45) is 1.45. The zero-order valence-corrected chi connectivity index (χ0v) is 11.3. The summed E-state index contributed by atoms with van der Waals surface area (Å²) in [7, 11) is 0. The molecule has 0 aromatic heterocycles. The molecular weight excluding hydrogens is 248 g/mol. The summed E-state index contributed by atoms with van der Waals surface area (Å²) in [6.45, 7) is 4.41. The van der Waals surface area contributed by atoms with Crippen molar-refractivity contribution in [1.82, 2.24) is 0 Å². The van der Waals surface area contributed by atoms with E-state index in [1.807, 2.05) is 13.8 Å². The molecule has 0 saturated carbocycles. The van der Waals surface area contributed by atoms with Gasteiger partial charge in [0.05, 0.1) is 13.2 Å². The van der Waals surface area contributed by atoms with Gasteiger partial charge < -0.3 is 9.47 Å². The molecule has 0 rings (SSSR count). The van der Waals surface area contributed by atoms with Crippen LogP contribution in [0.2, 0.25) is 0 Å². The zero-order chi connectivity index (χ0) is 12.6. The number of carbonyl (C=O) groups is 2. The second-order valence-corrected chi connectivity index (χ2v) is 4.34. The van der Waals surface area contributed by atoms with Crippen molar-refractivity contribution in [3.8, 4) is 0 Å². The van der Waals surface area contributed by atoms with E-state index in [-0.39, 0.29) is 0 Å². The first kappa shape index (κ1) is 15.6. The Bertz CT molecular complexity index is 209. The van der Waals surface area contributed by atoms with Crippen LogP contribution < -0.4 is 0 Å². The first-order chi connectivity index (χ1) is 7.54. The fourth-order valence-corrected chi connectivity index (χ4v) is 1.23. The Morgan fingerprint density at radius 3 is 1.50 bits per heavy atom. The lowest BCUT2D eigenvalue weighted by atomic mass is 10.3. The molecule has 0 aliphatic carbocycles. The van der Waals surface area contributed by atoms with Crippen molar-refractivity contribution < 1.29 is 19.1 Å². The number of carbonyl (C=O) groups excluding carboxylic acids is 2. The molecule has 6 heteroatoms. The third-order valence-corrected chi connectivity index (χ3v) is 2.93. The molecule has 4 nitrogen and oxygen atoms in total. The second kappa shape index (κ2) is 8.75. The van der Waals surface area contributed by atoms with E-state index >= 15 is 0 Å². The smallest absolute Gasteiger partial charge is 0.320 e. The highest BCUT2D eigenvalue weighted by Crippen LogP contribution is 2.13. The summed E-state index contributed by atoms with van der Waals surface area (Å²) in [6, 6.07) is 0. The predicted molar refractivity (Wildman–Crippen MR) is 68.0 cm³/mol. The van der Waals surface area contributed by atoms with Crippen molar-refractivity contribution in [1.29, 1.82) is 0 Å². The fourth-order valence-electron chi connectivity index (χ4n) is 0.834. The van der Waals surface area contributed by atoms with Crippen LogP contribution in [0.15, 0.2) is 0 Å². The van der Waals surface area contributed by atoms with E-state index in [0.717, 1.165) is 12.8 Å². The van der Waals surface area contributed by atoms with E-state index < -0.39 is 22.4 Å². The highest BCUT2D eigenvalue weighted by molar-refractivity contribution is 7.86. The number of hydrogen-bond donors (Lipinski definition) is 2. The zero-order valence-electron chi connectivity index (χ0n) is 9.51. The average molecular weight is 266 g/mol. The lowest BCUT2D eigenvalue weighted by molar-refractivity contribution is -0.149. The van der Waals surface area contributed by atoms with E-state index in [1.165, 1.54) is 0 Å². The van der Waals surface area contributed by atoms with Gasteiger partial charge in [0.25, 0.3) is 0 Å². The standard InChI is InChI=1S/C10H18O4S2/c1-3-5-13-9(11)7(15)8(16)10(12)14-6-4-2/h7-8,15-16H,3-6H2,1-2H3/t7-,8+. The van der Waals surface area contributed by atoms with Gasteiger partial charge in [0.15, 0.2) is 0 Å². The third kappa shape index (κ3) is 5.65. The molecule has 0 aliphatic heterocycles. The van der Waals surface area contributed by atoms with E-state index in [4.69, 9.17) is 9.47 Å². The highest BCUT2D eigenvalue weighted by Gasteiger charge is 2.30. The molecule has 16 heavy (non-hydrogen) atoms. The van der Waals surface area contributed by atoms with Gasteiger partial charge in [-0.15, -0.1) is 0 Å². The van der Waals surface area contributed by atoms with Crippen molar-refractivity contribution in [3.63, 3.8) is 0 Å². The van der Waals surface area contributed by atoms with Gasteiger partial charge in [0.1, 0.15) is 10.5 Å². The first-order valence-corrected chi connectivity index (χ1v) is 6.27. The molecule has 0 heterocycles. The largest absolute Gasteiger partial charge is 0.465 e. The molecular formula is C10H18O4S2. The van der Waals surface area contributed by atoms with Gasteiger partial charge in [0, 0.05) is 0 Å². The van der Waals surface area contributed by atoms with Crippen LogP contribution in [0, 0.1) is 0 Å². The lowest BCUT2D eigenvalue weighted by Gasteiger charge is -2.15. The van der Waals surface area contributed by atoms with E-state index in [0.29, 0.717) is 13.2 Å². The highest BCUT2D eigenvalue weighted by atomic mass is 32.1. The van der Waals surface area contributed by atoms with Crippen LogP contribution in [-0.4, -0.2) is 35.7 Å². The van der Waals surface area contributed by atoms with Crippen LogP contribution in [-0.2, 0) is 19.1 Å². The molecule has 0 saturated heterocycles. The van der Waals surface area contributed by atoms with Crippen LogP contribution in [0.1, 0.15) is 26.7 Å². The van der Waals surface area contributed by atoms with E-state index in [1.54, 1.807) is 0 Å². The summed E-state index contributed by atoms with van der Waals surface area (Å²) in [4.78, 5) is 22.7. The Kier molecular flexibility index (Phi) is 8.56.